The molecule has 0 atom stereocenters. The zero-order valence-corrected chi connectivity index (χ0v) is 26.3. The minimum absolute atomic E-state index is 0.129. The molecule has 8 heteroatoms. The van der Waals surface area contributed by atoms with Gasteiger partial charge in [-0.25, -0.2) is 9.78 Å². The number of carbonyl (C=O) groups excluding carboxylic acids is 3. The van der Waals surface area contributed by atoms with Gasteiger partial charge in [0.15, 0.2) is 11.5 Å². The van der Waals surface area contributed by atoms with Crippen molar-refractivity contribution in [2.45, 2.75) is 58.8 Å². The van der Waals surface area contributed by atoms with Crippen molar-refractivity contribution in [3.8, 4) is 17.0 Å². The second-order valence-electron chi connectivity index (χ2n) is 10.9. The van der Waals surface area contributed by atoms with Gasteiger partial charge in [-0.15, -0.1) is 0 Å². The number of hydrogen-bond acceptors (Lipinski definition) is 6. The lowest BCUT2D eigenvalue weighted by atomic mass is 10.0. The summed E-state index contributed by atoms with van der Waals surface area (Å²) in [5.74, 6) is 0.241. The third kappa shape index (κ3) is 9.01. The van der Waals surface area contributed by atoms with Crippen LogP contribution in [0.1, 0.15) is 74.7 Å². The van der Waals surface area contributed by atoms with Crippen molar-refractivity contribution >= 4 is 35.0 Å². The highest BCUT2D eigenvalue weighted by atomic mass is 16.5. The van der Waals surface area contributed by atoms with Crippen LogP contribution in [0.4, 0.5) is 22.0 Å². The number of anilines is 3. The van der Waals surface area contributed by atoms with Gasteiger partial charge in [-0.05, 0) is 49.2 Å². The van der Waals surface area contributed by atoms with E-state index in [1.54, 1.807) is 37.4 Å². The summed E-state index contributed by atoms with van der Waals surface area (Å²) in [5.41, 5.74) is 3.24. The summed E-state index contributed by atoms with van der Waals surface area (Å²) in [6.07, 6.45) is 6.43. The average Bonchev–Trinajstić information content (AvgIpc) is 3.07. The molecule has 2 N–H and O–H groups in total. The first-order valence-corrected chi connectivity index (χ1v) is 15.7. The van der Waals surface area contributed by atoms with Crippen LogP contribution >= 0.6 is 0 Å². The number of nitrogens with one attached hydrogen (secondary N) is 2. The highest BCUT2D eigenvalue weighted by Crippen LogP contribution is 2.39. The highest BCUT2D eigenvalue weighted by Gasteiger charge is 2.20. The van der Waals surface area contributed by atoms with Crippen molar-refractivity contribution in [2.24, 2.45) is 0 Å². The molecule has 234 valence electrons. The van der Waals surface area contributed by atoms with Gasteiger partial charge in [0.1, 0.15) is 5.82 Å². The molecule has 0 spiro atoms. The standard InChI is InChI=1S/C37H42N4O4/c1-4-6-7-8-14-26-38-37(44)41(3)33-25-16-23-31(40-33)29-21-15-24-32(36(29)45-34(42)17-5-2)39-30-22-13-12-20-28(30)35(43)27-18-10-9-11-19-27/h9-13,15-16,18-25,39H,4-8,14,17,26H2,1-3H3,(H,38,44). The number of urea groups is 1. The van der Waals surface area contributed by atoms with E-state index in [1.165, 1.54) is 24.2 Å². The van der Waals surface area contributed by atoms with Gasteiger partial charge in [0.25, 0.3) is 0 Å². The summed E-state index contributed by atoms with van der Waals surface area (Å²) in [6.45, 7) is 4.69. The Morgan fingerprint density at radius 3 is 2.24 bits per heavy atom. The van der Waals surface area contributed by atoms with E-state index in [1.807, 2.05) is 67.6 Å². The first-order valence-electron chi connectivity index (χ1n) is 15.7. The Morgan fingerprint density at radius 2 is 1.47 bits per heavy atom. The van der Waals surface area contributed by atoms with E-state index in [0.717, 1.165) is 12.8 Å². The molecule has 1 heterocycles. The van der Waals surface area contributed by atoms with Gasteiger partial charge in [-0.3, -0.25) is 14.5 Å². The number of hydrogen-bond donors (Lipinski definition) is 2. The maximum Gasteiger partial charge on any atom is 0.322 e. The molecule has 8 nitrogen and oxygen atoms in total. The van der Waals surface area contributed by atoms with E-state index in [0.29, 0.717) is 58.3 Å². The van der Waals surface area contributed by atoms with Crippen LogP contribution in [0, 0.1) is 0 Å². The van der Waals surface area contributed by atoms with Crippen LogP contribution in [-0.4, -0.2) is 36.4 Å². The van der Waals surface area contributed by atoms with Crippen LogP contribution in [0.15, 0.2) is 91.0 Å². The lowest BCUT2D eigenvalue weighted by Crippen LogP contribution is -2.38. The van der Waals surface area contributed by atoms with Gasteiger partial charge in [0.2, 0.25) is 0 Å². The molecular weight excluding hydrogens is 564 g/mol. The number of rotatable bonds is 15. The van der Waals surface area contributed by atoms with Gasteiger partial charge in [0, 0.05) is 42.4 Å². The summed E-state index contributed by atoms with van der Waals surface area (Å²) < 4.78 is 5.95. The molecule has 3 aromatic carbocycles. The van der Waals surface area contributed by atoms with Crippen molar-refractivity contribution in [1.29, 1.82) is 0 Å². The molecule has 0 aliphatic carbocycles. The monoisotopic (exact) mass is 606 g/mol. The molecule has 4 rings (SSSR count). The van der Waals surface area contributed by atoms with Crippen LogP contribution in [-0.2, 0) is 4.79 Å². The highest BCUT2D eigenvalue weighted by molar-refractivity contribution is 6.12. The lowest BCUT2D eigenvalue weighted by Gasteiger charge is -2.20. The smallest absolute Gasteiger partial charge is 0.322 e. The van der Waals surface area contributed by atoms with Crippen molar-refractivity contribution in [3.05, 3.63) is 102 Å². The zero-order valence-electron chi connectivity index (χ0n) is 26.3. The molecule has 4 aromatic rings. The maximum atomic E-state index is 13.4. The van der Waals surface area contributed by atoms with Crippen molar-refractivity contribution in [3.63, 3.8) is 0 Å². The predicted octanol–water partition coefficient (Wildman–Crippen LogP) is 8.54. The molecule has 0 aliphatic rings. The Balaban J connectivity index is 1.63. The second kappa shape index (κ2) is 16.8. The summed E-state index contributed by atoms with van der Waals surface area (Å²) in [6, 6.07) is 26.9. The van der Waals surface area contributed by atoms with Crippen LogP contribution in [0.5, 0.6) is 5.75 Å². The number of unbranched alkanes of at least 4 members (excludes halogenated alkanes) is 4. The fourth-order valence-corrected chi connectivity index (χ4v) is 4.90. The fraction of sp³-hybridized carbons (Fsp3) is 0.297. The van der Waals surface area contributed by atoms with Crippen LogP contribution in [0.2, 0.25) is 0 Å². The van der Waals surface area contributed by atoms with Crippen molar-refractivity contribution < 1.29 is 19.1 Å². The molecule has 0 saturated carbocycles. The van der Waals surface area contributed by atoms with Crippen LogP contribution in [0.3, 0.4) is 0 Å². The first kappa shape index (κ1) is 32.9. The van der Waals surface area contributed by atoms with E-state index in [9.17, 15) is 14.4 Å². The molecule has 0 radical (unpaired) electrons. The summed E-state index contributed by atoms with van der Waals surface area (Å²) in [4.78, 5) is 45.4. The number of ketones is 1. The third-order valence-corrected chi connectivity index (χ3v) is 7.38. The van der Waals surface area contributed by atoms with Crippen LogP contribution in [0.25, 0.3) is 11.3 Å². The molecule has 0 saturated heterocycles. The summed E-state index contributed by atoms with van der Waals surface area (Å²) in [7, 11) is 1.68. The second-order valence-corrected chi connectivity index (χ2v) is 10.9. The van der Waals surface area contributed by atoms with Gasteiger partial charge < -0.3 is 15.4 Å². The van der Waals surface area contributed by atoms with E-state index < -0.39 is 0 Å². The van der Waals surface area contributed by atoms with Gasteiger partial charge in [-0.1, -0.05) is 94.1 Å². The number of amides is 2. The number of pyridine rings is 1. The van der Waals surface area contributed by atoms with Gasteiger partial charge in [0.05, 0.1) is 11.4 Å². The molecule has 0 aliphatic heterocycles. The number of para-hydroxylation sites is 2. The molecule has 2 amide bonds. The first-order chi connectivity index (χ1) is 21.9. The van der Waals surface area contributed by atoms with Crippen molar-refractivity contribution in [2.75, 3.05) is 23.8 Å². The van der Waals surface area contributed by atoms with Gasteiger partial charge in [-0.2, -0.15) is 0 Å². The molecule has 0 bridgehead atoms. The molecule has 0 unspecified atom stereocenters. The molecular formula is C37H42N4O4. The average molecular weight is 607 g/mol. The maximum absolute atomic E-state index is 13.4. The number of aromatic nitrogens is 1. The fourth-order valence-electron chi connectivity index (χ4n) is 4.90. The third-order valence-electron chi connectivity index (χ3n) is 7.38. The molecule has 45 heavy (non-hydrogen) atoms. The molecule has 0 fully saturated rings. The van der Waals surface area contributed by atoms with Crippen LogP contribution < -0.4 is 20.3 Å². The minimum Gasteiger partial charge on any atom is -0.424 e. The quantitative estimate of drug-likeness (QED) is 0.0609. The Labute approximate surface area is 265 Å². The van der Waals surface area contributed by atoms with Crippen molar-refractivity contribution in [1.82, 2.24) is 10.3 Å². The predicted molar refractivity (Wildman–Crippen MR) is 180 cm³/mol. The van der Waals surface area contributed by atoms with E-state index in [4.69, 9.17) is 9.72 Å². The van der Waals surface area contributed by atoms with E-state index in [2.05, 4.69) is 17.6 Å². The minimum atomic E-state index is -0.381. The summed E-state index contributed by atoms with van der Waals surface area (Å²) in [5, 5.41) is 6.32. The van der Waals surface area contributed by atoms with E-state index >= 15 is 0 Å². The Morgan fingerprint density at radius 1 is 0.756 bits per heavy atom. The zero-order chi connectivity index (χ0) is 32.0. The Bertz CT molecular complexity index is 1590. The topological polar surface area (TPSA) is 101 Å². The largest absolute Gasteiger partial charge is 0.424 e. The number of esters is 1. The Kier molecular flexibility index (Phi) is 12.3. The number of benzene rings is 3. The Hall–Kier alpha value is -4.98. The SMILES string of the molecule is CCCCCCCNC(=O)N(C)c1cccc(-c2cccc(Nc3ccccc3C(=O)c3ccccc3)c2OC(=O)CCC)n1. The van der Waals surface area contributed by atoms with E-state index in [-0.39, 0.29) is 24.2 Å². The number of ether oxygens (including phenoxy) is 1. The number of carbonyl (C=O) groups is 3. The molecule has 1 aromatic heterocycles. The normalized spacial score (nSPS) is 10.6. The lowest BCUT2D eigenvalue weighted by molar-refractivity contribution is -0.134. The summed E-state index contributed by atoms with van der Waals surface area (Å²) >= 11 is 0. The van der Waals surface area contributed by atoms with Gasteiger partial charge >= 0.3 is 12.0 Å². The number of nitrogens with zero attached hydrogens (tertiary/aromatic N) is 2.